The molecule has 0 aliphatic carbocycles. The normalized spacial score (nSPS) is 15.4. The third-order valence-electron chi connectivity index (χ3n) is 5.72. The Morgan fingerprint density at radius 1 is 1.12 bits per heavy atom. The molecule has 0 radical (unpaired) electrons. The third kappa shape index (κ3) is 6.97. The number of pyridine rings is 1. The first-order valence-corrected chi connectivity index (χ1v) is 11.6. The van der Waals surface area contributed by atoms with E-state index in [1.54, 1.807) is 0 Å². The Labute approximate surface area is 191 Å². The first-order chi connectivity index (χ1) is 15.6. The van der Waals surface area contributed by atoms with Crippen molar-refractivity contribution in [1.29, 1.82) is 0 Å². The molecular weight excluding hydrogens is 400 g/mol. The maximum absolute atomic E-state index is 12.7. The molecule has 7 heteroatoms. The largest absolute Gasteiger partial charge is 0.357 e. The van der Waals surface area contributed by atoms with E-state index in [4.69, 9.17) is 4.99 Å². The summed E-state index contributed by atoms with van der Waals surface area (Å²) < 4.78 is 0. The van der Waals surface area contributed by atoms with Crippen molar-refractivity contribution in [3.63, 3.8) is 0 Å². The second-order valence-electron chi connectivity index (χ2n) is 8.27. The maximum atomic E-state index is 12.7. The van der Waals surface area contributed by atoms with E-state index in [9.17, 15) is 4.79 Å². The Morgan fingerprint density at radius 3 is 2.62 bits per heavy atom. The number of anilines is 1. The summed E-state index contributed by atoms with van der Waals surface area (Å²) in [7, 11) is 0. The van der Waals surface area contributed by atoms with Gasteiger partial charge >= 0.3 is 0 Å². The zero-order valence-electron chi connectivity index (χ0n) is 19.6. The molecule has 0 spiro atoms. The van der Waals surface area contributed by atoms with Crippen LogP contribution in [0.4, 0.5) is 5.82 Å². The maximum Gasteiger partial charge on any atom is 0.224 e. The third-order valence-corrected chi connectivity index (χ3v) is 5.72. The molecule has 172 valence electrons. The van der Waals surface area contributed by atoms with Gasteiger partial charge in [0.05, 0.1) is 0 Å². The Balaban J connectivity index is 1.42. The Hall–Kier alpha value is -3.09. The van der Waals surface area contributed by atoms with E-state index >= 15 is 0 Å². The first-order valence-electron chi connectivity index (χ1n) is 11.6. The number of hydrogen-bond acceptors (Lipinski definition) is 4. The molecule has 3 rings (SSSR count). The average molecular weight is 437 g/mol. The van der Waals surface area contributed by atoms with Gasteiger partial charge in [-0.25, -0.2) is 4.98 Å². The van der Waals surface area contributed by atoms with Gasteiger partial charge in [-0.15, -0.1) is 0 Å². The van der Waals surface area contributed by atoms with E-state index in [-0.39, 0.29) is 5.91 Å². The smallest absolute Gasteiger partial charge is 0.224 e. The van der Waals surface area contributed by atoms with Gasteiger partial charge in [-0.2, -0.15) is 0 Å². The van der Waals surface area contributed by atoms with Crippen LogP contribution in [0.25, 0.3) is 0 Å². The second-order valence-corrected chi connectivity index (χ2v) is 8.27. The predicted molar refractivity (Wildman–Crippen MR) is 131 cm³/mol. The molecule has 1 unspecified atom stereocenters. The molecule has 1 atom stereocenters. The molecule has 2 heterocycles. The molecule has 1 amide bonds. The molecule has 32 heavy (non-hydrogen) atoms. The van der Waals surface area contributed by atoms with Crippen LogP contribution in [-0.2, 0) is 4.79 Å². The van der Waals surface area contributed by atoms with E-state index in [0.29, 0.717) is 25.4 Å². The number of rotatable bonds is 8. The summed E-state index contributed by atoms with van der Waals surface area (Å²) in [6.07, 6.45) is 2.27. The number of benzene rings is 1. The van der Waals surface area contributed by atoms with Crippen LogP contribution in [0.5, 0.6) is 0 Å². The van der Waals surface area contributed by atoms with Gasteiger partial charge in [-0.05, 0) is 31.5 Å². The highest BCUT2D eigenvalue weighted by molar-refractivity contribution is 5.81. The van der Waals surface area contributed by atoms with Gasteiger partial charge in [-0.1, -0.05) is 42.8 Å². The number of piperazine rings is 1. The molecule has 1 fully saturated rings. The second kappa shape index (κ2) is 12.1. The number of hydrogen-bond donors (Lipinski definition) is 2. The van der Waals surface area contributed by atoms with Crippen molar-refractivity contribution in [2.24, 2.45) is 4.99 Å². The minimum Gasteiger partial charge on any atom is -0.357 e. The van der Waals surface area contributed by atoms with Crippen molar-refractivity contribution in [3.8, 4) is 0 Å². The van der Waals surface area contributed by atoms with Gasteiger partial charge in [0.15, 0.2) is 5.96 Å². The molecule has 1 saturated heterocycles. The Bertz CT molecular complexity index is 877. The minimum absolute atomic E-state index is 0.183. The monoisotopic (exact) mass is 436 g/mol. The molecule has 2 N–H and O–H groups in total. The number of aromatic nitrogens is 1. The summed E-state index contributed by atoms with van der Waals surface area (Å²) in [5.41, 5.74) is 2.56. The number of aliphatic imine (C=N–C) groups is 1. The van der Waals surface area contributed by atoms with Crippen LogP contribution in [-0.4, -0.2) is 67.6 Å². The Morgan fingerprint density at radius 2 is 1.94 bits per heavy atom. The van der Waals surface area contributed by atoms with Crippen molar-refractivity contribution in [2.45, 2.75) is 33.1 Å². The summed E-state index contributed by atoms with van der Waals surface area (Å²) in [6.45, 7) is 11.5. The summed E-state index contributed by atoms with van der Waals surface area (Å²) in [6, 6.07) is 14.5. The molecule has 2 aromatic rings. The highest BCUT2D eigenvalue weighted by Gasteiger charge is 2.21. The molecule has 1 aromatic heterocycles. The van der Waals surface area contributed by atoms with Crippen LogP contribution in [0.15, 0.2) is 53.7 Å². The van der Waals surface area contributed by atoms with Crippen molar-refractivity contribution in [3.05, 3.63) is 59.8 Å². The molecular formula is C25H36N6O. The molecule has 1 aromatic carbocycles. The number of guanidine groups is 1. The van der Waals surface area contributed by atoms with E-state index in [1.165, 1.54) is 11.1 Å². The van der Waals surface area contributed by atoms with Crippen molar-refractivity contribution in [2.75, 3.05) is 50.7 Å². The SMILES string of the molecule is CCNC(=NCC(C)c1cccc(C)c1)NCCC(=O)N1CCN(c2ccccn2)CC1. The summed E-state index contributed by atoms with van der Waals surface area (Å²) in [5.74, 6) is 2.26. The quantitative estimate of drug-likeness (QED) is 0.492. The van der Waals surface area contributed by atoms with Crippen LogP contribution >= 0.6 is 0 Å². The number of amides is 1. The standard InChI is InChI=1S/C25H36N6O/c1-4-26-25(29-19-21(3)22-9-7-8-20(2)18-22)28-13-11-24(32)31-16-14-30(15-17-31)23-10-5-6-12-27-23/h5-10,12,18,21H,4,11,13-17,19H2,1-3H3,(H2,26,28,29). The molecule has 0 saturated carbocycles. The van der Waals surface area contributed by atoms with E-state index in [0.717, 1.165) is 44.5 Å². The molecule has 7 nitrogen and oxygen atoms in total. The lowest BCUT2D eigenvalue weighted by atomic mass is 10.00. The number of carbonyl (C=O) groups is 1. The highest BCUT2D eigenvalue weighted by atomic mass is 16.2. The van der Waals surface area contributed by atoms with Crippen molar-refractivity contribution < 1.29 is 4.79 Å². The van der Waals surface area contributed by atoms with Gasteiger partial charge in [-0.3, -0.25) is 9.79 Å². The van der Waals surface area contributed by atoms with Gasteiger partial charge in [0.1, 0.15) is 5.82 Å². The average Bonchev–Trinajstić information content (AvgIpc) is 2.83. The fourth-order valence-electron chi connectivity index (χ4n) is 3.82. The van der Waals surface area contributed by atoms with Gasteiger partial charge in [0.2, 0.25) is 5.91 Å². The predicted octanol–water partition coefficient (Wildman–Crippen LogP) is 2.79. The Kier molecular flexibility index (Phi) is 8.90. The van der Waals surface area contributed by atoms with Crippen LogP contribution in [0.2, 0.25) is 0 Å². The number of aryl methyl sites for hydroxylation is 1. The van der Waals surface area contributed by atoms with Gasteiger partial charge < -0.3 is 20.4 Å². The van der Waals surface area contributed by atoms with E-state index in [1.807, 2.05) is 36.2 Å². The molecule has 1 aliphatic heterocycles. The summed E-state index contributed by atoms with van der Waals surface area (Å²) in [5, 5.41) is 6.59. The fourth-order valence-corrected chi connectivity index (χ4v) is 3.82. The fraction of sp³-hybridized carbons (Fsp3) is 0.480. The molecule has 0 bridgehead atoms. The zero-order valence-corrected chi connectivity index (χ0v) is 19.6. The minimum atomic E-state index is 0.183. The van der Waals surface area contributed by atoms with Gasteiger partial charge in [0, 0.05) is 64.3 Å². The highest BCUT2D eigenvalue weighted by Crippen LogP contribution is 2.16. The van der Waals surface area contributed by atoms with Gasteiger partial charge in [0.25, 0.3) is 0 Å². The van der Waals surface area contributed by atoms with Crippen molar-refractivity contribution >= 4 is 17.7 Å². The number of carbonyl (C=O) groups excluding carboxylic acids is 1. The lowest BCUT2D eigenvalue weighted by Gasteiger charge is -2.35. The van der Waals surface area contributed by atoms with Crippen LogP contribution < -0.4 is 15.5 Å². The lowest BCUT2D eigenvalue weighted by Crippen LogP contribution is -2.49. The topological polar surface area (TPSA) is 72.9 Å². The number of nitrogens with one attached hydrogen (secondary N) is 2. The van der Waals surface area contributed by atoms with Crippen LogP contribution in [0.1, 0.15) is 37.3 Å². The lowest BCUT2D eigenvalue weighted by molar-refractivity contribution is -0.131. The zero-order chi connectivity index (χ0) is 22.8. The van der Waals surface area contributed by atoms with Crippen LogP contribution in [0.3, 0.4) is 0 Å². The summed E-state index contributed by atoms with van der Waals surface area (Å²) >= 11 is 0. The molecule has 1 aliphatic rings. The van der Waals surface area contributed by atoms with Crippen molar-refractivity contribution in [1.82, 2.24) is 20.5 Å². The van der Waals surface area contributed by atoms with E-state index in [2.05, 4.69) is 58.6 Å². The van der Waals surface area contributed by atoms with Crippen LogP contribution in [0, 0.1) is 6.92 Å². The number of nitrogens with zero attached hydrogens (tertiary/aromatic N) is 4. The van der Waals surface area contributed by atoms with E-state index < -0.39 is 0 Å². The first kappa shape index (κ1) is 23.6. The summed E-state index contributed by atoms with van der Waals surface area (Å²) in [4.78, 5) is 26.0.